The van der Waals surface area contributed by atoms with Crippen LogP contribution in [0.2, 0.25) is 0 Å². The Morgan fingerprint density at radius 1 is 1.15 bits per heavy atom. The van der Waals surface area contributed by atoms with E-state index in [1.807, 2.05) is 51.4 Å². The molecule has 0 aliphatic rings. The molecule has 20 heavy (non-hydrogen) atoms. The lowest BCUT2D eigenvalue weighted by atomic mass is 10.2. The number of rotatable bonds is 4. The minimum absolute atomic E-state index is 0.124. The predicted molar refractivity (Wildman–Crippen MR) is 81.4 cm³/mol. The summed E-state index contributed by atoms with van der Waals surface area (Å²) in [5.41, 5.74) is 4.76. The van der Waals surface area contributed by atoms with Crippen LogP contribution >= 0.6 is 11.8 Å². The van der Waals surface area contributed by atoms with Gasteiger partial charge in [-0.2, -0.15) is 0 Å². The number of hydrogen-bond acceptors (Lipinski definition) is 4. The average Bonchev–Trinajstić information content (AvgIpc) is 2.63. The summed E-state index contributed by atoms with van der Waals surface area (Å²) in [6.45, 7) is 7.85. The number of nitrogens with zero attached hydrogens (tertiary/aromatic N) is 3. The van der Waals surface area contributed by atoms with Gasteiger partial charge in [0.2, 0.25) is 0 Å². The van der Waals surface area contributed by atoms with Gasteiger partial charge >= 0.3 is 0 Å². The molecule has 0 bridgehead atoms. The molecule has 4 nitrogen and oxygen atoms in total. The zero-order valence-electron chi connectivity index (χ0n) is 12.5. The van der Waals surface area contributed by atoms with Crippen LogP contribution in [0.3, 0.4) is 0 Å². The first-order valence-electron chi connectivity index (χ1n) is 6.49. The van der Waals surface area contributed by atoms with Gasteiger partial charge in [-0.15, -0.1) is 0 Å². The average molecular weight is 289 g/mol. The fourth-order valence-electron chi connectivity index (χ4n) is 2.10. The molecule has 0 aliphatic carbocycles. The highest BCUT2D eigenvalue weighted by Gasteiger charge is 2.15. The van der Waals surface area contributed by atoms with Gasteiger partial charge in [0, 0.05) is 35.4 Å². The van der Waals surface area contributed by atoms with E-state index >= 15 is 0 Å². The van der Waals surface area contributed by atoms with Gasteiger partial charge in [-0.3, -0.25) is 4.79 Å². The summed E-state index contributed by atoms with van der Waals surface area (Å²) < 4.78 is 2.03. The molecule has 0 spiro atoms. The first-order valence-corrected chi connectivity index (χ1v) is 7.48. The lowest BCUT2D eigenvalue weighted by molar-refractivity contribution is 0.102. The van der Waals surface area contributed by atoms with Crippen molar-refractivity contribution in [3.05, 3.63) is 40.5 Å². The van der Waals surface area contributed by atoms with Crippen LogP contribution in [-0.4, -0.2) is 26.1 Å². The Morgan fingerprint density at radius 2 is 1.75 bits per heavy atom. The lowest BCUT2D eigenvalue weighted by Crippen LogP contribution is -2.05. The first kappa shape index (κ1) is 14.8. The number of ketones is 1. The summed E-state index contributed by atoms with van der Waals surface area (Å²) in [4.78, 5) is 21.0. The fraction of sp³-hybridized carbons (Fsp3) is 0.400. The van der Waals surface area contributed by atoms with Gasteiger partial charge in [0.15, 0.2) is 10.9 Å². The van der Waals surface area contributed by atoms with Gasteiger partial charge < -0.3 is 4.57 Å². The van der Waals surface area contributed by atoms with Crippen LogP contribution in [0.5, 0.6) is 0 Å². The fourth-order valence-corrected chi connectivity index (χ4v) is 2.94. The highest BCUT2D eigenvalue weighted by molar-refractivity contribution is 7.99. The second-order valence-corrected chi connectivity index (χ2v) is 5.93. The molecule has 106 valence electrons. The molecule has 0 atom stereocenters. The molecule has 2 aromatic rings. The molecule has 0 unspecified atom stereocenters. The molecule has 0 saturated carbocycles. The molecular formula is C15H19N3OS. The Bertz CT molecular complexity index is 641. The molecule has 0 saturated heterocycles. The third kappa shape index (κ3) is 3.10. The van der Waals surface area contributed by atoms with E-state index in [0.717, 1.165) is 28.3 Å². The maximum Gasteiger partial charge on any atom is 0.188 e. The van der Waals surface area contributed by atoms with Gasteiger partial charge in [0.05, 0.1) is 5.75 Å². The standard InChI is InChI=1S/C15H19N3OS/c1-9-6-10(2)17-15(16-9)20-8-14(19)13-7-11(3)18(5)12(13)4/h6-7H,8H2,1-5H3. The molecular weight excluding hydrogens is 270 g/mol. The van der Waals surface area contributed by atoms with Gasteiger partial charge in [0.25, 0.3) is 0 Å². The highest BCUT2D eigenvalue weighted by atomic mass is 32.2. The molecule has 0 amide bonds. The van der Waals surface area contributed by atoms with Crippen molar-refractivity contribution in [2.75, 3.05) is 5.75 Å². The molecule has 5 heteroatoms. The monoisotopic (exact) mass is 289 g/mol. The zero-order valence-corrected chi connectivity index (χ0v) is 13.3. The van der Waals surface area contributed by atoms with E-state index in [9.17, 15) is 4.79 Å². The summed E-state index contributed by atoms with van der Waals surface area (Å²) in [6.07, 6.45) is 0. The zero-order chi connectivity index (χ0) is 14.9. The molecule has 2 aromatic heterocycles. The van der Waals surface area contributed by atoms with Crippen molar-refractivity contribution in [2.24, 2.45) is 7.05 Å². The van der Waals surface area contributed by atoms with Gasteiger partial charge in [-0.25, -0.2) is 9.97 Å². The molecule has 2 rings (SSSR count). The van der Waals surface area contributed by atoms with E-state index in [1.54, 1.807) is 0 Å². The van der Waals surface area contributed by atoms with Crippen molar-refractivity contribution >= 4 is 17.5 Å². The Hall–Kier alpha value is -1.62. The molecule has 0 N–H and O–H groups in total. The van der Waals surface area contributed by atoms with E-state index in [4.69, 9.17) is 0 Å². The first-order chi connectivity index (χ1) is 9.38. The molecule has 0 fully saturated rings. The van der Waals surface area contributed by atoms with Crippen molar-refractivity contribution in [1.29, 1.82) is 0 Å². The number of aryl methyl sites for hydroxylation is 3. The van der Waals surface area contributed by atoms with E-state index < -0.39 is 0 Å². The molecule has 0 aromatic carbocycles. The minimum Gasteiger partial charge on any atom is -0.351 e. The quantitative estimate of drug-likeness (QED) is 0.493. The Morgan fingerprint density at radius 3 is 2.25 bits per heavy atom. The predicted octanol–water partition coefficient (Wildman–Crippen LogP) is 3.02. The summed E-state index contributed by atoms with van der Waals surface area (Å²) in [6, 6.07) is 3.87. The van der Waals surface area contributed by atoms with Gasteiger partial charge in [-0.1, -0.05) is 11.8 Å². The third-order valence-corrected chi connectivity index (χ3v) is 4.22. The number of hydrogen-bond donors (Lipinski definition) is 0. The SMILES string of the molecule is Cc1cc(C)nc(SCC(=O)c2cc(C)n(C)c2C)n1. The van der Waals surface area contributed by atoms with Crippen molar-refractivity contribution in [1.82, 2.24) is 14.5 Å². The summed E-state index contributed by atoms with van der Waals surface area (Å²) in [5.74, 6) is 0.492. The number of Topliss-reactive ketones (excluding diaryl/α,β-unsaturated/α-hetero) is 1. The van der Waals surface area contributed by atoms with Crippen molar-refractivity contribution < 1.29 is 4.79 Å². The van der Waals surface area contributed by atoms with Crippen LogP contribution < -0.4 is 0 Å². The van der Waals surface area contributed by atoms with E-state index in [1.165, 1.54) is 11.8 Å². The Balaban J connectivity index is 2.10. The van der Waals surface area contributed by atoms with E-state index in [0.29, 0.717) is 10.9 Å². The summed E-state index contributed by atoms with van der Waals surface area (Å²) in [5, 5.41) is 0.668. The Kier molecular flexibility index (Phi) is 4.28. The maximum atomic E-state index is 12.3. The number of thioether (sulfide) groups is 1. The summed E-state index contributed by atoms with van der Waals surface area (Å²) >= 11 is 1.39. The minimum atomic E-state index is 0.124. The van der Waals surface area contributed by atoms with Crippen molar-refractivity contribution in [3.63, 3.8) is 0 Å². The maximum absolute atomic E-state index is 12.3. The van der Waals surface area contributed by atoms with Crippen LogP contribution in [0.4, 0.5) is 0 Å². The van der Waals surface area contributed by atoms with Crippen LogP contribution in [0.1, 0.15) is 33.1 Å². The summed E-state index contributed by atoms with van der Waals surface area (Å²) in [7, 11) is 1.97. The number of carbonyl (C=O) groups is 1. The van der Waals surface area contributed by atoms with Crippen LogP contribution in [0.15, 0.2) is 17.3 Å². The number of carbonyl (C=O) groups excluding carboxylic acids is 1. The third-order valence-electron chi connectivity index (χ3n) is 3.37. The van der Waals surface area contributed by atoms with Crippen LogP contribution in [0, 0.1) is 27.7 Å². The largest absolute Gasteiger partial charge is 0.351 e. The Labute approximate surface area is 123 Å². The van der Waals surface area contributed by atoms with Gasteiger partial charge in [0.1, 0.15) is 0 Å². The number of aromatic nitrogens is 3. The van der Waals surface area contributed by atoms with E-state index in [2.05, 4.69) is 9.97 Å². The molecule has 0 aliphatic heterocycles. The van der Waals surface area contributed by atoms with E-state index in [-0.39, 0.29) is 5.78 Å². The van der Waals surface area contributed by atoms with Crippen molar-refractivity contribution in [3.8, 4) is 0 Å². The second-order valence-electron chi connectivity index (χ2n) is 4.99. The van der Waals surface area contributed by atoms with Gasteiger partial charge in [-0.05, 0) is 39.8 Å². The smallest absolute Gasteiger partial charge is 0.188 e. The molecule has 2 heterocycles. The van der Waals surface area contributed by atoms with Crippen LogP contribution in [0.25, 0.3) is 0 Å². The van der Waals surface area contributed by atoms with Crippen LogP contribution in [-0.2, 0) is 7.05 Å². The molecule has 0 radical (unpaired) electrons. The normalized spacial score (nSPS) is 10.8. The van der Waals surface area contributed by atoms with Crippen molar-refractivity contribution in [2.45, 2.75) is 32.9 Å². The highest BCUT2D eigenvalue weighted by Crippen LogP contribution is 2.19. The lowest BCUT2D eigenvalue weighted by Gasteiger charge is -2.03. The second kappa shape index (κ2) is 5.79. The topological polar surface area (TPSA) is 47.8 Å².